The third kappa shape index (κ3) is 4.54. The lowest BCUT2D eigenvalue weighted by atomic mass is 9.85. The van der Waals surface area contributed by atoms with E-state index in [1.54, 1.807) is 0 Å². The lowest BCUT2D eigenvalue weighted by molar-refractivity contribution is -0.474. The Morgan fingerprint density at radius 1 is 0.415 bits per heavy atom. The van der Waals surface area contributed by atoms with Crippen molar-refractivity contribution in [2.45, 2.75) is 59.5 Å². The Balaban J connectivity index is 3.89. The third-order valence-corrected chi connectivity index (χ3v) is 5.26. The fourth-order valence-corrected chi connectivity index (χ4v) is 2.79. The normalized spacial score (nSPS) is 15.7. The van der Waals surface area contributed by atoms with Crippen molar-refractivity contribution in [1.29, 1.82) is 0 Å². The Labute approximate surface area is 212 Å². The molecule has 0 radical (unpaired) electrons. The van der Waals surface area contributed by atoms with Crippen molar-refractivity contribution in [2.75, 3.05) is 14.2 Å². The molecular weight excluding hydrogens is 647 g/mol. The van der Waals surface area contributed by atoms with E-state index in [2.05, 4.69) is 9.47 Å². The van der Waals surface area contributed by atoms with Crippen LogP contribution in [-0.2, 0) is 5.92 Å². The second kappa shape index (κ2) is 9.69. The first-order chi connectivity index (χ1) is 17.7. The van der Waals surface area contributed by atoms with Crippen LogP contribution in [0.5, 0.6) is 11.5 Å². The van der Waals surface area contributed by atoms with Gasteiger partial charge in [-0.25, -0.2) is 0 Å². The van der Waals surface area contributed by atoms with Gasteiger partial charge in [0.25, 0.3) is 0 Å². The molecule has 0 saturated carbocycles. The van der Waals surface area contributed by atoms with Crippen molar-refractivity contribution in [2.24, 2.45) is 0 Å². The smallest absolute Gasteiger partial charge is 0.460 e. The monoisotopic (exact) mass is 656 g/mol. The van der Waals surface area contributed by atoms with Crippen LogP contribution < -0.4 is 9.47 Å². The van der Waals surface area contributed by atoms with Crippen molar-refractivity contribution in [3.8, 4) is 11.5 Å². The van der Waals surface area contributed by atoms with E-state index in [0.717, 1.165) is 7.11 Å². The minimum Gasteiger partial charge on any atom is -0.497 e. The maximum absolute atomic E-state index is 14.4. The molecule has 0 N–H and O–H groups in total. The van der Waals surface area contributed by atoms with Crippen LogP contribution in [0.15, 0.2) is 18.2 Å². The van der Waals surface area contributed by atoms with E-state index in [9.17, 15) is 92.2 Å². The summed E-state index contributed by atoms with van der Waals surface area (Å²) in [6, 6.07) is 0.0344. The Kier molecular flexibility index (Phi) is 8.60. The average Bonchev–Trinajstić information content (AvgIpc) is 2.81. The lowest BCUT2D eigenvalue weighted by Crippen LogP contribution is -2.76. The Bertz CT molecular complexity index is 1100. The molecule has 0 aliphatic carbocycles. The second-order valence-electron chi connectivity index (χ2n) is 7.73. The highest BCUT2D eigenvalue weighted by Gasteiger charge is 2.98. The fourth-order valence-electron chi connectivity index (χ4n) is 2.79. The summed E-state index contributed by atoms with van der Waals surface area (Å²) in [6.45, 7) is 0. The molecule has 0 amide bonds. The summed E-state index contributed by atoms with van der Waals surface area (Å²) in [4.78, 5) is 0. The van der Waals surface area contributed by atoms with E-state index < -0.39 is 76.5 Å². The average molecular weight is 656 g/mol. The van der Waals surface area contributed by atoms with Crippen LogP contribution in [-0.4, -0.2) is 67.8 Å². The number of rotatable bonds is 11. The summed E-state index contributed by atoms with van der Waals surface area (Å²) in [5.41, 5.74) is -2.60. The fraction of sp³-hybridized carbons (Fsp3) is 0.667. The zero-order valence-electron chi connectivity index (χ0n) is 19.0. The Morgan fingerprint density at radius 3 is 1.02 bits per heavy atom. The molecule has 0 atom stereocenters. The van der Waals surface area contributed by atoms with Gasteiger partial charge in [0, 0.05) is 6.07 Å². The molecule has 41 heavy (non-hydrogen) atoms. The highest BCUT2D eigenvalue weighted by atomic mass is 19.4. The highest BCUT2D eigenvalue weighted by Crippen LogP contribution is 2.67. The van der Waals surface area contributed by atoms with Crippen LogP contribution in [0.1, 0.15) is 5.56 Å². The molecule has 0 bridgehead atoms. The van der Waals surface area contributed by atoms with Crippen LogP contribution in [0.4, 0.5) is 92.2 Å². The van der Waals surface area contributed by atoms with Crippen LogP contribution in [0.3, 0.4) is 0 Å². The van der Waals surface area contributed by atoms with Crippen molar-refractivity contribution < 1.29 is 102 Å². The first kappa shape index (κ1) is 36.4. The molecule has 0 saturated heterocycles. The minimum absolute atomic E-state index is 0.168. The number of ether oxygens (including phenoxy) is 2. The van der Waals surface area contributed by atoms with Gasteiger partial charge in [-0.2, -0.15) is 92.2 Å². The summed E-state index contributed by atoms with van der Waals surface area (Å²) < 4.78 is 292. The summed E-state index contributed by atoms with van der Waals surface area (Å²) >= 11 is 0. The number of alkyl halides is 21. The zero-order chi connectivity index (χ0) is 33.3. The molecule has 0 aliphatic rings. The van der Waals surface area contributed by atoms with Gasteiger partial charge in [0.2, 0.25) is 0 Å². The van der Waals surface area contributed by atoms with Crippen molar-refractivity contribution >= 4 is 0 Å². The molecule has 0 aliphatic heterocycles. The SMILES string of the molecule is COc1ccc(C(F)(F)C(F)(F)C(F)(F)C(F)(F)C(F)(F)C(F)(F)C(F)(F)C(F)(F)C(F)(F)C(F)(F)F)c(OC)c1. The van der Waals surface area contributed by atoms with E-state index in [-0.39, 0.29) is 18.2 Å². The van der Waals surface area contributed by atoms with Crippen molar-refractivity contribution in [3.05, 3.63) is 23.8 Å². The predicted molar refractivity (Wildman–Crippen MR) is 89.1 cm³/mol. The van der Waals surface area contributed by atoms with Crippen LogP contribution in [0.25, 0.3) is 0 Å². The molecule has 0 heterocycles. The molecule has 2 nitrogen and oxygen atoms in total. The van der Waals surface area contributed by atoms with Crippen molar-refractivity contribution in [3.63, 3.8) is 0 Å². The first-order valence-electron chi connectivity index (χ1n) is 9.43. The van der Waals surface area contributed by atoms with Gasteiger partial charge in [-0.1, -0.05) is 0 Å². The summed E-state index contributed by atoms with van der Waals surface area (Å²) in [7, 11) is 1.12. The number of methoxy groups -OCH3 is 2. The Morgan fingerprint density at radius 2 is 0.732 bits per heavy atom. The van der Waals surface area contributed by atoms with Gasteiger partial charge < -0.3 is 9.47 Å². The number of benzene rings is 1. The summed E-state index contributed by atoms with van der Waals surface area (Å²) in [6.07, 6.45) is -8.02. The standard InChI is InChI=1S/C18H9F21O2/c1-40-6-3-4-7(8(5-6)41-2)9(19,20)10(21,22)11(23,24)12(25,26)13(27,28)14(29,30)15(31,32)16(33,34)17(35,36)18(37,38)39/h3-5H,1-2H3. The molecule has 23 heteroatoms. The van der Waals surface area contributed by atoms with Gasteiger partial charge in [-0.3, -0.25) is 0 Å². The van der Waals surface area contributed by atoms with E-state index in [1.807, 2.05) is 0 Å². The van der Waals surface area contributed by atoms with Crippen LogP contribution in [0, 0.1) is 0 Å². The van der Waals surface area contributed by atoms with Gasteiger partial charge in [-0.05, 0) is 12.1 Å². The minimum atomic E-state index is -9.21. The Hall–Kier alpha value is -2.65. The van der Waals surface area contributed by atoms with Crippen LogP contribution >= 0.6 is 0 Å². The first-order valence-corrected chi connectivity index (χ1v) is 9.43. The molecule has 0 fully saturated rings. The van der Waals surface area contributed by atoms with Gasteiger partial charge in [0.1, 0.15) is 11.5 Å². The van der Waals surface area contributed by atoms with Crippen molar-refractivity contribution in [1.82, 2.24) is 0 Å². The maximum Gasteiger partial charge on any atom is 0.460 e. The zero-order valence-corrected chi connectivity index (χ0v) is 19.0. The summed E-state index contributed by atoms with van der Waals surface area (Å²) in [5, 5.41) is 0. The third-order valence-electron chi connectivity index (χ3n) is 5.26. The molecule has 0 aromatic heterocycles. The molecule has 0 unspecified atom stereocenters. The largest absolute Gasteiger partial charge is 0.497 e. The van der Waals surface area contributed by atoms with Gasteiger partial charge in [-0.15, -0.1) is 0 Å². The number of hydrogen-bond donors (Lipinski definition) is 0. The maximum atomic E-state index is 14.4. The van der Waals surface area contributed by atoms with Gasteiger partial charge in [0.05, 0.1) is 19.8 Å². The number of halogens is 21. The van der Waals surface area contributed by atoms with E-state index >= 15 is 0 Å². The van der Waals surface area contributed by atoms with E-state index in [1.165, 1.54) is 0 Å². The predicted octanol–water partition coefficient (Wildman–Crippen LogP) is 8.44. The van der Waals surface area contributed by atoms with Gasteiger partial charge in [0.15, 0.2) is 0 Å². The molecular formula is C18H9F21O2. The molecule has 1 aromatic carbocycles. The molecule has 1 aromatic rings. The highest BCUT2D eigenvalue weighted by molar-refractivity contribution is 5.44. The molecule has 240 valence electrons. The van der Waals surface area contributed by atoms with Crippen LogP contribution in [0.2, 0.25) is 0 Å². The molecule has 1 rings (SSSR count). The second-order valence-corrected chi connectivity index (χ2v) is 7.73. The molecule has 0 spiro atoms. The summed E-state index contributed by atoms with van der Waals surface area (Å²) in [5.74, 6) is -79.9. The number of hydrogen-bond acceptors (Lipinski definition) is 2. The lowest BCUT2D eigenvalue weighted by Gasteiger charge is -2.44. The van der Waals surface area contributed by atoms with Gasteiger partial charge >= 0.3 is 59.5 Å². The van der Waals surface area contributed by atoms with E-state index in [0.29, 0.717) is 7.11 Å². The van der Waals surface area contributed by atoms with E-state index in [4.69, 9.17) is 0 Å². The topological polar surface area (TPSA) is 18.5 Å². The quantitative estimate of drug-likeness (QED) is 0.223.